The third-order valence-corrected chi connectivity index (χ3v) is 9.35. The van der Waals surface area contributed by atoms with Crippen molar-refractivity contribution in [3.8, 4) is 16.9 Å². The van der Waals surface area contributed by atoms with Crippen molar-refractivity contribution in [1.82, 2.24) is 9.88 Å². The molecule has 6 rings (SSSR count). The van der Waals surface area contributed by atoms with Gasteiger partial charge in [0.05, 0.1) is 37.5 Å². The Labute approximate surface area is 278 Å². The molecule has 1 atom stereocenters. The van der Waals surface area contributed by atoms with Gasteiger partial charge >= 0.3 is 6.03 Å². The summed E-state index contributed by atoms with van der Waals surface area (Å²) in [6.45, 7) is 4.02. The molecule has 48 heavy (non-hydrogen) atoms. The van der Waals surface area contributed by atoms with Crippen LogP contribution in [0, 0.1) is 5.82 Å². The maximum atomic E-state index is 15.9. The molecule has 1 fully saturated rings. The van der Waals surface area contributed by atoms with Crippen molar-refractivity contribution in [1.29, 1.82) is 0 Å². The number of aliphatic imine (C=N–C) groups is 1. The summed E-state index contributed by atoms with van der Waals surface area (Å²) in [4.78, 5) is 23.7. The fourth-order valence-electron chi connectivity index (χ4n) is 5.60. The molecule has 3 heterocycles. The second-order valence-electron chi connectivity index (χ2n) is 11.2. The summed E-state index contributed by atoms with van der Waals surface area (Å²) in [5.74, 6) is 0.358. The van der Waals surface area contributed by atoms with Crippen LogP contribution in [0.2, 0.25) is 0 Å². The van der Waals surface area contributed by atoms with Crippen molar-refractivity contribution in [2.75, 3.05) is 59.8 Å². The van der Waals surface area contributed by atoms with Crippen LogP contribution in [-0.2, 0) is 14.8 Å². The summed E-state index contributed by atoms with van der Waals surface area (Å²) >= 11 is 0. The van der Waals surface area contributed by atoms with E-state index < -0.39 is 22.0 Å². The van der Waals surface area contributed by atoms with Gasteiger partial charge in [-0.1, -0.05) is 31.2 Å². The molecule has 0 saturated carbocycles. The van der Waals surface area contributed by atoms with Crippen LogP contribution in [0.25, 0.3) is 11.1 Å². The Hall–Kier alpha value is -5.21. The van der Waals surface area contributed by atoms with Gasteiger partial charge in [0.2, 0.25) is 10.0 Å². The van der Waals surface area contributed by atoms with E-state index in [2.05, 4.69) is 30.6 Å². The van der Waals surface area contributed by atoms with Crippen molar-refractivity contribution in [2.24, 2.45) is 4.99 Å². The number of amidine groups is 1. The number of amides is 2. The van der Waals surface area contributed by atoms with E-state index in [9.17, 15) is 13.2 Å². The number of sulfonamides is 1. The number of pyridine rings is 1. The second kappa shape index (κ2) is 14.3. The Morgan fingerprint density at radius 3 is 2.42 bits per heavy atom. The number of benzene rings is 3. The number of fused-ring (bicyclic) bond motifs is 1. The lowest BCUT2D eigenvalue weighted by atomic mass is 9.97. The van der Waals surface area contributed by atoms with Gasteiger partial charge in [0.15, 0.2) is 5.82 Å². The molecule has 0 aliphatic carbocycles. The number of hydrogen-bond donors (Lipinski definition) is 4. The van der Waals surface area contributed by atoms with E-state index in [4.69, 9.17) is 14.5 Å². The molecule has 12 nitrogen and oxygen atoms in total. The number of nitrogens with zero attached hydrogens (tertiary/aromatic N) is 3. The van der Waals surface area contributed by atoms with Gasteiger partial charge in [-0.05, 0) is 60.0 Å². The van der Waals surface area contributed by atoms with Crippen molar-refractivity contribution >= 4 is 44.6 Å². The summed E-state index contributed by atoms with van der Waals surface area (Å²) in [5.41, 5.74) is 4.06. The van der Waals surface area contributed by atoms with Crippen molar-refractivity contribution in [3.63, 3.8) is 0 Å². The molecule has 1 saturated heterocycles. The number of rotatable bonds is 9. The highest BCUT2D eigenvalue weighted by atomic mass is 32.2. The zero-order valence-corrected chi connectivity index (χ0v) is 27.3. The van der Waals surface area contributed by atoms with Crippen molar-refractivity contribution in [2.45, 2.75) is 19.5 Å². The van der Waals surface area contributed by atoms with Crippen molar-refractivity contribution in [3.05, 3.63) is 96.1 Å². The number of urea groups is 1. The molecule has 4 N–H and O–H groups in total. The lowest BCUT2D eigenvalue weighted by Crippen LogP contribution is -2.43. The van der Waals surface area contributed by atoms with Gasteiger partial charge in [-0.2, -0.15) is 0 Å². The molecule has 2 aliphatic rings. The van der Waals surface area contributed by atoms with Crippen LogP contribution < -0.4 is 25.4 Å². The van der Waals surface area contributed by atoms with Gasteiger partial charge in [0.1, 0.15) is 17.8 Å². The van der Waals surface area contributed by atoms with Crippen LogP contribution in [0.1, 0.15) is 30.6 Å². The SMILES string of the molecule is CCCS(=O)(=O)Nc1cccc(-c2cc(OC)c3c(c2)C(N2CCOCC2)=NC(c2ccc(NC(=O)Nc4ccncc4)cc2)N3)c1F. The van der Waals surface area contributed by atoms with Gasteiger partial charge in [-0.25, -0.2) is 22.6 Å². The minimum Gasteiger partial charge on any atom is -0.495 e. The highest BCUT2D eigenvalue weighted by Gasteiger charge is 2.30. The maximum Gasteiger partial charge on any atom is 0.323 e. The van der Waals surface area contributed by atoms with Gasteiger partial charge in [-0.15, -0.1) is 0 Å². The molecule has 1 aromatic heterocycles. The minimum atomic E-state index is -3.70. The van der Waals surface area contributed by atoms with E-state index in [0.29, 0.717) is 72.5 Å². The number of nitrogens with one attached hydrogen (secondary N) is 4. The molecule has 1 unspecified atom stereocenters. The van der Waals surface area contributed by atoms with E-state index in [1.807, 2.05) is 18.2 Å². The topological polar surface area (TPSA) is 146 Å². The molecule has 3 aromatic carbocycles. The molecule has 14 heteroatoms. The molecule has 0 spiro atoms. The number of morpholine rings is 1. The first-order valence-corrected chi connectivity index (χ1v) is 17.2. The molecule has 250 valence electrons. The summed E-state index contributed by atoms with van der Waals surface area (Å²) in [7, 11) is -2.16. The first-order chi connectivity index (χ1) is 23.2. The molecule has 4 aromatic rings. The Morgan fingerprint density at radius 1 is 1.02 bits per heavy atom. The molecule has 2 aliphatic heterocycles. The Morgan fingerprint density at radius 2 is 1.73 bits per heavy atom. The predicted molar refractivity (Wildman–Crippen MR) is 185 cm³/mol. The number of carbonyl (C=O) groups is 1. The first kappa shape index (κ1) is 32.7. The summed E-state index contributed by atoms with van der Waals surface area (Å²) in [6, 6.07) is 18.6. The molecule has 0 radical (unpaired) electrons. The Bertz CT molecular complexity index is 1920. The van der Waals surface area contributed by atoms with Crippen LogP contribution in [0.3, 0.4) is 0 Å². The van der Waals surface area contributed by atoms with E-state index in [0.717, 1.165) is 5.56 Å². The first-order valence-electron chi connectivity index (χ1n) is 15.5. The molecular formula is C34H36FN7O5S. The molecule has 2 amide bonds. The van der Waals surface area contributed by atoms with Crippen LogP contribution in [0.15, 0.2) is 84.1 Å². The minimum absolute atomic E-state index is 0.115. The zero-order valence-electron chi connectivity index (χ0n) is 26.5. The largest absolute Gasteiger partial charge is 0.495 e. The van der Waals surface area contributed by atoms with Crippen LogP contribution >= 0.6 is 0 Å². The van der Waals surface area contributed by atoms with Gasteiger partial charge in [0.25, 0.3) is 0 Å². The fraction of sp³-hybridized carbons (Fsp3) is 0.265. The number of halogens is 1. The summed E-state index contributed by atoms with van der Waals surface area (Å²) in [6.07, 6.45) is 3.10. The highest BCUT2D eigenvalue weighted by Crippen LogP contribution is 2.42. The maximum absolute atomic E-state index is 15.9. The number of methoxy groups -OCH3 is 1. The number of aromatic nitrogens is 1. The monoisotopic (exact) mass is 673 g/mol. The fourth-order valence-corrected chi connectivity index (χ4v) is 6.73. The molecular weight excluding hydrogens is 637 g/mol. The number of carbonyl (C=O) groups excluding carboxylic acids is 1. The quantitative estimate of drug-likeness (QED) is 0.172. The van der Waals surface area contributed by atoms with Crippen LogP contribution in [0.5, 0.6) is 5.75 Å². The standard InChI is InChI=1S/C34H36FN7O5S/c1-3-19-48(44,45)41-28-6-4-5-26(30(28)35)23-20-27-31(29(21-23)46-2)39-32(40-33(27)42-15-17-47-18-16-42)22-7-9-24(10-8-22)37-34(43)38-25-11-13-36-14-12-25/h4-14,20-21,32,39,41H,3,15-19H2,1-2H3,(H2,36,37,38,43). The number of ether oxygens (including phenoxy) is 2. The lowest BCUT2D eigenvalue weighted by Gasteiger charge is -2.35. The van der Waals surface area contributed by atoms with E-state index in [1.54, 1.807) is 68.9 Å². The smallest absolute Gasteiger partial charge is 0.323 e. The van der Waals surface area contributed by atoms with Crippen LogP contribution in [0.4, 0.5) is 31.9 Å². The van der Waals surface area contributed by atoms with Gasteiger partial charge in [-0.3, -0.25) is 9.71 Å². The lowest BCUT2D eigenvalue weighted by molar-refractivity contribution is 0.0680. The van der Waals surface area contributed by atoms with E-state index >= 15 is 4.39 Å². The Balaban J connectivity index is 1.32. The highest BCUT2D eigenvalue weighted by molar-refractivity contribution is 7.92. The number of anilines is 4. The molecule has 0 bridgehead atoms. The number of hydrogen-bond acceptors (Lipinski definition) is 9. The van der Waals surface area contributed by atoms with E-state index in [1.165, 1.54) is 6.07 Å². The third kappa shape index (κ3) is 7.34. The Kier molecular flexibility index (Phi) is 9.73. The second-order valence-corrected chi connectivity index (χ2v) is 13.1. The normalized spacial score (nSPS) is 15.9. The summed E-state index contributed by atoms with van der Waals surface area (Å²) < 4.78 is 54.6. The van der Waals surface area contributed by atoms with Gasteiger partial charge in [0, 0.05) is 48.0 Å². The van der Waals surface area contributed by atoms with Gasteiger partial charge < -0.3 is 30.3 Å². The van der Waals surface area contributed by atoms with Crippen LogP contribution in [-0.4, -0.2) is 69.3 Å². The summed E-state index contributed by atoms with van der Waals surface area (Å²) in [5, 5.41) is 9.07. The average molecular weight is 674 g/mol. The zero-order chi connectivity index (χ0) is 33.7. The average Bonchev–Trinajstić information content (AvgIpc) is 3.09. The predicted octanol–water partition coefficient (Wildman–Crippen LogP) is 5.90. The third-order valence-electron chi connectivity index (χ3n) is 7.88. The van der Waals surface area contributed by atoms with E-state index in [-0.39, 0.29) is 23.0 Å². The van der Waals surface area contributed by atoms with Crippen molar-refractivity contribution < 1.29 is 27.1 Å².